The molecule has 8 heteroatoms. The highest BCUT2D eigenvalue weighted by molar-refractivity contribution is 5.97. The Morgan fingerprint density at radius 2 is 1.70 bits per heavy atom. The van der Waals surface area contributed by atoms with Crippen LogP contribution in [-0.2, 0) is 4.74 Å². The van der Waals surface area contributed by atoms with Gasteiger partial charge in [-0.05, 0) is 6.07 Å². The smallest absolute Gasteiger partial charge is 0.205 e. The zero-order valence-electron chi connectivity index (χ0n) is 13.4. The molecule has 2 aromatic rings. The number of aromatic nitrogens is 2. The van der Waals surface area contributed by atoms with Crippen LogP contribution in [0.4, 0.5) is 5.82 Å². The third-order valence-corrected chi connectivity index (χ3v) is 3.72. The molecule has 2 heterocycles. The molecule has 1 aliphatic rings. The fourth-order valence-corrected chi connectivity index (χ4v) is 2.68. The van der Waals surface area contributed by atoms with Crippen LogP contribution in [0.15, 0.2) is 12.4 Å². The standard InChI is InChI=1S/C15H19N3O4.ClH/c1-19-11-8-10-12(14(21-3)13(11)20-2)16-9-17-15(10)18-4-6-22-7-5-18;/h8-9H,4-7H2,1-3H3;1H. The van der Waals surface area contributed by atoms with Crippen molar-refractivity contribution in [1.29, 1.82) is 0 Å². The highest BCUT2D eigenvalue weighted by Gasteiger charge is 2.22. The van der Waals surface area contributed by atoms with Crippen LogP contribution < -0.4 is 19.1 Å². The number of benzene rings is 1. The Kier molecular flexibility index (Phi) is 5.68. The lowest BCUT2D eigenvalue weighted by Crippen LogP contribution is -2.36. The van der Waals surface area contributed by atoms with Gasteiger partial charge in [-0.1, -0.05) is 0 Å². The van der Waals surface area contributed by atoms with Crippen LogP contribution in [0, 0.1) is 0 Å². The Hall–Kier alpha value is -1.99. The number of rotatable bonds is 4. The number of nitrogens with zero attached hydrogens (tertiary/aromatic N) is 3. The number of hydrogen-bond acceptors (Lipinski definition) is 7. The Labute approximate surface area is 140 Å². The molecular weight excluding hydrogens is 322 g/mol. The van der Waals surface area contributed by atoms with Gasteiger partial charge >= 0.3 is 0 Å². The Morgan fingerprint density at radius 1 is 1.00 bits per heavy atom. The van der Waals surface area contributed by atoms with E-state index in [1.165, 1.54) is 0 Å². The minimum absolute atomic E-state index is 0. The average Bonchev–Trinajstić information content (AvgIpc) is 2.60. The van der Waals surface area contributed by atoms with Crippen LogP contribution in [0.1, 0.15) is 0 Å². The molecule has 1 aliphatic heterocycles. The van der Waals surface area contributed by atoms with Crippen molar-refractivity contribution >= 4 is 29.1 Å². The van der Waals surface area contributed by atoms with Gasteiger partial charge < -0.3 is 23.8 Å². The molecule has 0 amide bonds. The molecule has 0 saturated carbocycles. The normalized spacial score (nSPS) is 14.3. The first-order valence-electron chi connectivity index (χ1n) is 7.06. The highest BCUT2D eigenvalue weighted by atomic mass is 35.5. The molecule has 3 rings (SSSR count). The van der Waals surface area contributed by atoms with Crippen molar-refractivity contribution in [1.82, 2.24) is 9.97 Å². The molecule has 1 saturated heterocycles. The van der Waals surface area contributed by atoms with Gasteiger partial charge in [-0.3, -0.25) is 0 Å². The van der Waals surface area contributed by atoms with Crippen molar-refractivity contribution in [3.8, 4) is 17.2 Å². The van der Waals surface area contributed by atoms with Gasteiger partial charge in [0.05, 0.1) is 39.9 Å². The number of hydrogen-bond donors (Lipinski definition) is 0. The Morgan fingerprint density at radius 3 is 2.30 bits per heavy atom. The van der Waals surface area contributed by atoms with E-state index in [0.717, 1.165) is 24.3 Å². The third-order valence-electron chi connectivity index (χ3n) is 3.72. The van der Waals surface area contributed by atoms with Gasteiger partial charge in [0, 0.05) is 13.1 Å². The zero-order chi connectivity index (χ0) is 15.5. The van der Waals surface area contributed by atoms with Gasteiger partial charge in [-0.2, -0.15) is 0 Å². The SMILES string of the molecule is COc1cc2c(N3CCOCC3)ncnc2c(OC)c1OC.Cl. The van der Waals surface area contributed by atoms with Crippen molar-refractivity contribution < 1.29 is 18.9 Å². The number of anilines is 1. The summed E-state index contributed by atoms with van der Waals surface area (Å²) in [5, 5.41) is 0.874. The van der Waals surface area contributed by atoms with Gasteiger partial charge in [0.2, 0.25) is 5.75 Å². The molecule has 0 radical (unpaired) electrons. The summed E-state index contributed by atoms with van der Waals surface area (Å²) in [6.07, 6.45) is 1.54. The molecule has 0 spiro atoms. The number of morpholine rings is 1. The third kappa shape index (κ3) is 3.07. The molecule has 7 nitrogen and oxygen atoms in total. The Balaban J connectivity index is 0.00000192. The van der Waals surface area contributed by atoms with Crippen LogP contribution in [0.25, 0.3) is 10.9 Å². The summed E-state index contributed by atoms with van der Waals surface area (Å²) in [7, 11) is 4.77. The molecule has 0 unspecified atom stereocenters. The number of ether oxygens (including phenoxy) is 4. The Bertz CT molecular complexity index is 677. The maximum absolute atomic E-state index is 5.50. The van der Waals surface area contributed by atoms with Crippen LogP contribution >= 0.6 is 12.4 Å². The summed E-state index contributed by atoms with van der Waals surface area (Å²) < 4.78 is 21.7. The lowest BCUT2D eigenvalue weighted by atomic mass is 10.1. The summed E-state index contributed by atoms with van der Waals surface area (Å²) in [5.41, 5.74) is 0.705. The van der Waals surface area contributed by atoms with E-state index in [-0.39, 0.29) is 12.4 Å². The monoisotopic (exact) mass is 341 g/mol. The van der Waals surface area contributed by atoms with Crippen molar-refractivity contribution in [2.45, 2.75) is 0 Å². The quantitative estimate of drug-likeness (QED) is 0.841. The molecular formula is C15H20ClN3O4. The maximum Gasteiger partial charge on any atom is 0.205 e. The van der Waals surface area contributed by atoms with Gasteiger partial charge in [0.15, 0.2) is 11.5 Å². The average molecular weight is 342 g/mol. The van der Waals surface area contributed by atoms with Gasteiger partial charge in [0.25, 0.3) is 0 Å². The molecule has 0 bridgehead atoms. The van der Waals surface area contributed by atoms with E-state index in [1.54, 1.807) is 27.7 Å². The van der Waals surface area contributed by atoms with Crippen LogP contribution in [0.5, 0.6) is 17.2 Å². The second-order valence-electron chi connectivity index (χ2n) is 4.84. The summed E-state index contributed by atoms with van der Waals surface area (Å²) >= 11 is 0. The summed E-state index contributed by atoms with van der Waals surface area (Å²) in [6, 6.07) is 1.89. The fraction of sp³-hybridized carbons (Fsp3) is 0.467. The first-order chi connectivity index (χ1) is 10.8. The predicted octanol–water partition coefficient (Wildman–Crippen LogP) is 1.91. The van der Waals surface area contributed by atoms with Gasteiger partial charge in [-0.25, -0.2) is 9.97 Å². The molecule has 23 heavy (non-hydrogen) atoms. The summed E-state index contributed by atoms with van der Waals surface area (Å²) in [5.74, 6) is 2.53. The zero-order valence-corrected chi connectivity index (χ0v) is 14.2. The number of halogens is 1. The van der Waals surface area contributed by atoms with Crippen molar-refractivity contribution in [3.63, 3.8) is 0 Å². The largest absolute Gasteiger partial charge is 0.493 e. The van der Waals surface area contributed by atoms with Crippen molar-refractivity contribution in [2.24, 2.45) is 0 Å². The van der Waals surface area contributed by atoms with E-state index < -0.39 is 0 Å². The summed E-state index contributed by atoms with van der Waals surface area (Å²) in [6.45, 7) is 2.97. The molecule has 1 fully saturated rings. The van der Waals surface area contributed by atoms with E-state index in [4.69, 9.17) is 18.9 Å². The van der Waals surface area contributed by atoms with E-state index >= 15 is 0 Å². The fourth-order valence-electron chi connectivity index (χ4n) is 2.68. The number of fused-ring (bicyclic) bond motifs is 1. The molecule has 126 valence electrons. The summed E-state index contributed by atoms with van der Waals surface area (Å²) in [4.78, 5) is 11.0. The van der Waals surface area contributed by atoms with E-state index in [0.29, 0.717) is 36.0 Å². The maximum atomic E-state index is 5.50. The van der Waals surface area contributed by atoms with Crippen LogP contribution in [0.3, 0.4) is 0 Å². The lowest BCUT2D eigenvalue weighted by molar-refractivity contribution is 0.122. The van der Waals surface area contributed by atoms with E-state index in [1.807, 2.05) is 6.07 Å². The van der Waals surface area contributed by atoms with Crippen molar-refractivity contribution in [2.75, 3.05) is 52.5 Å². The van der Waals surface area contributed by atoms with Crippen LogP contribution in [-0.4, -0.2) is 57.6 Å². The predicted molar refractivity (Wildman–Crippen MR) is 89.5 cm³/mol. The first-order valence-corrected chi connectivity index (χ1v) is 7.06. The first kappa shape index (κ1) is 17.4. The van der Waals surface area contributed by atoms with Crippen molar-refractivity contribution in [3.05, 3.63) is 12.4 Å². The van der Waals surface area contributed by atoms with Gasteiger partial charge in [-0.15, -0.1) is 12.4 Å². The van der Waals surface area contributed by atoms with E-state index in [2.05, 4.69) is 14.9 Å². The number of methoxy groups -OCH3 is 3. The molecule has 0 atom stereocenters. The van der Waals surface area contributed by atoms with E-state index in [9.17, 15) is 0 Å². The molecule has 0 aliphatic carbocycles. The minimum atomic E-state index is 0. The molecule has 1 aromatic carbocycles. The van der Waals surface area contributed by atoms with Gasteiger partial charge in [0.1, 0.15) is 17.7 Å². The molecule has 1 aromatic heterocycles. The lowest BCUT2D eigenvalue weighted by Gasteiger charge is -2.28. The highest BCUT2D eigenvalue weighted by Crippen LogP contribution is 2.44. The molecule has 0 N–H and O–H groups in total. The minimum Gasteiger partial charge on any atom is -0.493 e. The topological polar surface area (TPSA) is 65.9 Å². The second kappa shape index (κ2) is 7.52. The van der Waals surface area contributed by atoms with Crippen LogP contribution in [0.2, 0.25) is 0 Å². The second-order valence-corrected chi connectivity index (χ2v) is 4.84.